The molecule has 0 saturated carbocycles. The number of benzene rings is 3. The number of fused-ring (bicyclic) bond motifs is 4. The highest BCUT2D eigenvalue weighted by molar-refractivity contribution is 5.98. The average Bonchev–Trinajstić information content (AvgIpc) is 3.06. The Kier molecular flexibility index (Phi) is 3.58. The molecule has 136 valence electrons. The monoisotopic (exact) mass is 368 g/mol. The van der Waals surface area contributed by atoms with Gasteiger partial charge in [0, 0.05) is 24.1 Å². The van der Waals surface area contributed by atoms with Gasteiger partial charge in [0.25, 0.3) is 5.69 Å². The van der Waals surface area contributed by atoms with Crippen molar-refractivity contribution in [1.29, 1.82) is 0 Å². The van der Waals surface area contributed by atoms with E-state index in [2.05, 4.69) is 28.8 Å². The summed E-state index contributed by atoms with van der Waals surface area (Å²) in [6.07, 6.45) is 0. The number of nitro groups is 1. The number of non-ortho nitro benzene ring substituents is 1. The van der Waals surface area contributed by atoms with E-state index >= 15 is 0 Å². The second kappa shape index (κ2) is 6.13. The van der Waals surface area contributed by atoms with Gasteiger partial charge in [0.15, 0.2) is 5.82 Å². The van der Waals surface area contributed by atoms with Crippen LogP contribution in [0.4, 0.5) is 5.69 Å². The summed E-state index contributed by atoms with van der Waals surface area (Å²) in [5.41, 5.74) is 5.54. The molecule has 0 unspecified atom stereocenters. The summed E-state index contributed by atoms with van der Waals surface area (Å²) in [6.45, 7) is 2.67. The maximum absolute atomic E-state index is 11.2. The number of nitrogens with zero attached hydrogens (tertiary/aromatic N) is 4. The van der Waals surface area contributed by atoms with Crippen molar-refractivity contribution in [3.8, 4) is 11.5 Å². The number of hydrogen-bond donors (Lipinski definition) is 0. The molecule has 2 aliphatic rings. The molecular weight excluding hydrogens is 352 g/mol. The van der Waals surface area contributed by atoms with Gasteiger partial charge in [0.1, 0.15) is 5.69 Å². The first-order chi connectivity index (χ1) is 13.6. The van der Waals surface area contributed by atoms with Crippen molar-refractivity contribution in [3.05, 3.63) is 88.0 Å². The van der Waals surface area contributed by atoms with Crippen LogP contribution >= 0.6 is 0 Å². The zero-order valence-electron chi connectivity index (χ0n) is 15.2. The van der Waals surface area contributed by atoms with Crippen molar-refractivity contribution in [1.82, 2.24) is 14.5 Å². The molecule has 0 atom stereocenters. The summed E-state index contributed by atoms with van der Waals surface area (Å²) >= 11 is 0. The van der Waals surface area contributed by atoms with Gasteiger partial charge in [-0.1, -0.05) is 36.4 Å². The molecule has 0 amide bonds. The Hall–Kier alpha value is -3.80. The highest BCUT2D eigenvalue weighted by atomic mass is 16.6. The van der Waals surface area contributed by atoms with Crippen molar-refractivity contribution in [2.45, 2.75) is 13.5 Å². The molecule has 0 bridgehead atoms. The zero-order valence-corrected chi connectivity index (χ0v) is 15.2. The van der Waals surface area contributed by atoms with Crippen molar-refractivity contribution in [2.24, 2.45) is 0 Å². The first-order valence-corrected chi connectivity index (χ1v) is 8.99. The maximum atomic E-state index is 11.2. The van der Waals surface area contributed by atoms with Crippen LogP contribution in [0.2, 0.25) is 0 Å². The van der Waals surface area contributed by atoms with E-state index in [1.807, 2.05) is 31.2 Å². The topological polar surface area (TPSA) is 73.8 Å². The second-order valence-electron chi connectivity index (χ2n) is 6.92. The largest absolute Gasteiger partial charge is 0.318 e. The molecule has 2 aliphatic heterocycles. The van der Waals surface area contributed by atoms with Gasteiger partial charge in [-0.2, -0.15) is 0 Å². The number of rotatable bonds is 3. The third-order valence-electron chi connectivity index (χ3n) is 4.98. The van der Waals surface area contributed by atoms with Gasteiger partial charge in [-0.3, -0.25) is 10.1 Å². The number of nitro benzene ring substituents is 1. The Morgan fingerprint density at radius 2 is 1.79 bits per heavy atom. The van der Waals surface area contributed by atoms with Crippen molar-refractivity contribution in [3.63, 3.8) is 0 Å². The van der Waals surface area contributed by atoms with Crippen LogP contribution in [0.3, 0.4) is 0 Å². The minimum atomic E-state index is -0.387. The molecule has 6 heteroatoms. The van der Waals surface area contributed by atoms with Crippen LogP contribution in [0.5, 0.6) is 0 Å². The van der Waals surface area contributed by atoms with E-state index in [9.17, 15) is 10.1 Å². The van der Waals surface area contributed by atoms with Crippen LogP contribution in [-0.2, 0) is 6.54 Å². The van der Waals surface area contributed by atoms with Gasteiger partial charge < -0.3 is 4.57 Å². The molecule has 0 radical (unpaired) electrons. The van der Waals surface area contributed by atoms with E-state index in [0.717, 1.165) is 28.0 Å². The van der Waals surface area contributed by atoms with Gasteiger partial charge in [-0.05, 0) is 36.2 Å². The average molecular weight is 368 g/mol. The Labute approximate surface area is 160 Å². The Morgan fingerprint density at radius 3 is 2.57 bits per heavy atom. The standard InChI is InChI=1S/C22H16N4O2/c1-14-7-10-20-19(11-14)23-21-17-12-16(26(27)28)8-9-18(17)24-22(21)25(20)13-15-5-3-2-4-6-15/h2-12H,13H2,1H3. The molecule has 0 fully saturated rings. The highest BCUT2D eigenvalue weighted by Crippen LogP contribution is 2.34. The van der Waals surface area contributed by atoms with Crippen molar-refractivity contribution >= 4 is 27.6 Å². The number of hydrogen-bond acceptors (Lipinski definition) is 4. The van der Waals surface area contributed by atoms with Crippen LogP contribution in [0.25, 0.3) is 33.5 Å². The van der Waals surface area contributed by atoms with E-state index < -0.39 is 0 Å². The third kappa shape index (κ3) is 2.58. The van der Waals surface area contributed by atoms with Crippen molar-refractivity contribution < 1.29 is 4.92 Å². The maximum Gasteiger partial charge on any atom is 0.270 e. The molecule has 0 saturated heterocycles. The van der Waals surface area contributed by atoms with Gasteiger partial charge in [0.05, 0.1) is 21.5 Å². The molecule has 0 aliphatic carbocycles. The Bertz CT molecular complexity index is 1330. The Balaban J connectivity index is 1.84. The quantitative estimate of drug-likeness (QED) is 0.333. The fraction of sp³-hybridized carbons (Fsp3) is 0.0909. The van der Waals surface area contributed by atoms with Crippen LogP contribution in [-0.4, -0.2) is 19.5 Å². The first kappa shape index (κ1) is 16.4. The molecule has 6 nitrogen and oxygen atoms in total. The minimum Gasteiger partial charge on any atom is -0.318 e. The summed E-state index contributed by atoms with van der Waals surface area (Å²) in [6, 6.07) is 21.1. The van der Waals surface area contributed by atoms with Gasteiger partial charge in [0.2, 0.25) is 0 Å². The molecular formula is C22H16N4O2. The normalized spacial score (nSPS) is 11.5. The summed E-state index contributed by atoms with van der Waals surface area (Å²) in [5, 5.41) is 11.9. The van der Waals surface area contributed by atoms with E-state index in [1.54, 1.807) is 12.1 Å². The second-order valence-corrected chi connectivity index (χ2v) is 6.92. The molecule has 3 aromatic rings. The molecule has 3 aromatic carbocycles. The lowest BCUT2D eigenvalue weighted by atomic mass is 10.1. The van der Waals surface area contributed by atoms with Crippen LogP contribution < -0.4 is 0 Å². The van der Waals surface area contributed by atoms with Crippen LogP contribution in [0.1, 0.15) is 11.1 Å². The van der Waals surface area contributed by atoms with Crippen LogP contribution in [0.15, 0.2) is 66.7 Å². The third-order valence-corrected chi connectivity index (χ3v) is 4.98. The SMILES string of the molecule is Cc1ccc2c(c1)nc1c3cc([N+](=O)[O-])ccc3nc-1n2Cc1ccccc1. The van der Waals surface area contributed by atoms with Gasteiger partial charge in [-0.25, -0.2) is 9.97 Å². The van der Waals surface area contributed by atoms with E-state index in [1.165, 1.54) is 6.07 Å². The van der Waals surface area contributed by atoms with E-state index in [0.29, 0.717) is 23.1 Å². The predicted molar refractivity (Wildman–Crippen MR) is 109 cm³/mol. The zero-order chi connectivity index (χ0) is 19.3. The van der Waals surface area contributed by atoms with Gasteiger partial charge >= 0.3 is 0 Å². The fourth-order valence-electron chi connectivity index (χ4n) is 3.62. The molecule has 0 aromatic heterocycles. The summed E-state index contributed by atoms with van der Waals surface area (Å²) in [4.78, 5) is 20.4. The first-order valence-electron chi connectivity index (χ1n) is 8.99. The fourth-order valence-corrected chi connectivity index (χ4v) is 3.62. The molecule has 28 heavy (non-hydrogen) atoms. The molecule has 0 spiro atoms. The van der Waals surface area contributed by atoms with E-state index in [4.69, 9.17) is 9.97 Å². The minimum absolute atomic E-state index is 0.0440. The Morgan fingerprint density at radius 1 is 0.964 bits per heavy atom. The summed E-state index contributed by atoms with van der Waals surface area (Å²) < 4.78 is 2.14. The van der Waals surface area contributed by atoms with Gasteiger partial charge in [-0.15, -0.1) is 0 Å². The van der Waals surface area contributed by atoms with Crippen LogP contribution in [0, 0.1) is 17.0 Å². The molecule has 5 rings (SSSR count). The lowest BCUT2D eigenvalue weighted by Gasteiger charge is -2.16. The van der Waals surface area contributed by atoms with Crippen molar-refractivity contribution in [2.75, 3.05) is 0 Å². The number of aryl methyl sites for hydroxylation is 1. The summed E-state index contributed by atoms with van der Waals surface area (Å²) in [7, 11) is 0. The molecule has 0 N–H and O–H groups in total. The lowest BCUT2D eigenvalue weighted by molar-refractivity contribution is -0.384. The lowest BCUT2D eigenvalue weighted by Crippen LogP contribution is -2.08. The van der Waals surface area contributed by atoms with E-state index in [-0.39, 0.29) is 10.6 Å². The smallest absolute Gasteiger partial charge is 0.270 e. The summed E-state index contributed by atoms with van der Waals surface area (Å²) in [5.74, 6) is 0.732. The predicted octanol–water partition coefficient (Wildman–Crippen LogP) is 4.95. The molecule has 2 heterocycles. The highest BCUT2D eigenvalue weighted by Gasteiger charge is 2.22. The number of aromatic nitrogens is 3.